The van der Waals surface area contributed by atoms with Gasteiger partial charge < -0.3 is 9.84 Å². The molecular formula is C23H24N4O2. The second-order valence-electron chi connectivity index (χ2n) is 7.41. The molecule has 0 unspecified atom stereocenters. The summed E-state index contributed by atoms with van der Waals surface area (Å²) in [6.07, 6.45) is 5.18. The molecule has 0 amide bonds. The largest absolute Gasteiger partial charge is 0.491 e. The summed E-state index contributed by atoms with van der Waals surface area (Å²) in [5.74, 6) is 0.716. The van der Waals surface area contributed by atoms with Crippen molar-refractivity contribution in [2.24, 2.45) is 0 Å². The van der Waals surface area contributed by atoms with Gasteiger partial charge in [0.25, 0.3) is 0 Å². The predicted octanol–water partition coefficient (Wildman–Crippen LogP) is 4.16. The molecule has 2 aromatic carbocycles. The summed E-state index contributed by atoms with van der Waals surface area (Å²) in [6.45, 7) is 2.43. The number of nitrogens with zero attached hydrogens (tertiary/aromatic N) is 4. The standard InChI is InChI=1S/C23H24N4O2/c1-2-21-20-9-6-16(14-23(20)27(25-21)17-7-8-17)22-10-11-24-26(22)18-4-3-5-19(15-18)29-13-12-28/h3-6,9-11,14-15,17,28H,2,7-8,12-13H2,1H3. The number of aliphatic hydroxyl groups is 1. The van der Waals surface area contributed by atoms with E-state index in [9.17, 15) is 0 Å². The zero-order chi connectivity index (χ0) is 19.8. The number of aliphatic hydroxyl groups excluding tert-OH is 1. The monoisotopic (exact) mass is 388 g/mol. The lowest BCUT2D eigenvalue weighted by Gasteiger charge is -2.11. The first kappa shape index (κ1) is 17.9. The number of hydrogen-bond donors (Lipinski definition) is 1. The minimum Gasteiger partial charge on any atom is -0.491 e. The Hall–Kier alpha value is -3.12. The summed E-state index contributed by atoms with van der Waals surface area (Å²) >= 11 is 0. The van der Waals surface area contributed by atoms with E-state index in [1.165, 1.54) is 29.4 Å². The number of aromatic nitrogens is 4. The van der Waals surface area contributed by atoms with Crippen molar-refractivity contribution in [1.82, 2.24) is 19.6 Å². The highest BCUT2D eigenvalue weighted by Crippen LogP contribution is 2.38. The van der Waals surface area contributed by atoms with Gasteiger partial charge in [-0.1, -0.05) is 25.1 Å². The Bertz CT molecular complexity index is 1160. The van der Waals surface area contributed by atoms with Gasteiger partial charge in [-0.2, -0.15) is 10.2 Å². The third kappa shape index (κ3) is 3.29. The average molecular weight is 388 g/mol. The van der Waals surface area contributed by atoms with Crippen molar-refractivity contribution < 1.29 is 9.84 Å². The van der Waals surface area contributed by atoms with Crippen molar-refractivity contribution in [1.29, 1.82) is 0 Å². The molecule has 1 aliphatic rings. The van der Waals surface area contributed by atoms with Crippen LogP contribution in [0.3, 0.4) is 0 Å². The van der Waals surface area contributed by atoms with Gasteiger partial charge in [0.2, 0.25) is 0 Å². The minimum absolute atomic E-state index is 0.00825. The molecular weight excluding hydrogens is 364 g/mol. The maximum atomic E-state index is 9.00. The number of ether oxygens (including phenoxy) is 1. The minimum atomic E-state index is -0.00825. The van der Waals surface area contributed by atoms with Crippen LogP contribution in [0.2, 0.25) is 0 Å². The lowest BCUT2D eigenvalue weighted by Crippen LogP contribution is -2.03. The molecule has 0 radical (unpaired) electrons. The smallest absolute Gasteiger partial charge is 0.121 e. The number of rotatable bonds is 7. The van der Waals surface area contributed by atoms with Gasteiger partial charge in [-0.3, -0.25) is 4.68 Å². The molecule has 0 saturated heterocycles. The fraction of sp³-hybridized carbons (Fsp3) is 0.304. The molecule has 0 aliphatic heterocycles. The second-order valence-corrected chi connectivity index (χ2v) is 7.41. The van der Waals surface area contributed by atoms with Gasteiger partial charge in [0.15, 0.2) is 0 Å². The average Bonchev–Trinajstić information content (AvgIpc) is 3.36. The van der Waals surface area contributed by atoms with Crippen LogP contribution < -0.4 is 4.74 Å². The maximum absolute atomic E-state index is 9.00. The van der Waals surface area contributed by atoms with Gasteiger partial charge in [-0.25, -0.2) is 4.68 Å². The lowest BCUT2D eigenvalue weighted by atomic mass is 10.1. The molecule has 1 fully saturated rings. The number of aryl methyl sites for hydroxylation is 1. The van der Waals surface area contributed by atoms with Crippen molar-refractivity contribution in [3.63, 3.8) is 0 Å². The third-order valence-corrected chi connectivity index (χ3v) is 5.37. The van der Waals surface area contributed by atoms with Crippen molar-refractivity contribution in [2.75, 3.05) is 13.2 Å². The molecule has 2 aromatic heterocycles. The van der Waals surface area contributed by atoms with Gasteiger partial charge in [-0.05, 0) is 43.5 Å². The normalized spacial score (nSPS) is 13.9. The van der Waals surface area contributed by atoms with Crippen LogP contribution in [0.25, 0.3) is 27.8 Å². The summed E-state index contributed by atoms with van der Waals surface area (Å²) in [4.78, 5) is 0. The molecule has 148 valence electrons. The van der Waals surface area contributed by atoms with E-state index in [-0.39, 0.29) is 13.2 Å². The van der Waals surface area contributed by atoms with Gasteiger partial charge in [-0.15, -0.1) is 0 Å². The molecule has 0 spiro atoms. The first-order valence-corrected chi connectivity index (χ1v) is 10.2. The van der Waals surface area contributed by atoms with Crippen LogP contribution in [0.5, 0.6) is 5.75 Å². The molecule has 5 rings (SSSR count). The Morgan fingerprint density at radius 1 is 1.14 bits per heavy atom. The van der Waals surface area contributed by atoms with Gasteiger partial charge in [0.1, 0.15) is 12.4 Å². The fourth-order valence-corrected chi connectivity index (χ4v) is 3.82. The van der Waals surface area contributed by atoms with Crippen LogP contribution >= 0.6 is 0 Å². The molecule has 29 heavy (non-hydrogen) atoms. The highest BCUT2D eigenvalue weighted by atomic mass is 16.5. The molecule has 6 nitrogen and oxygen atoms in total. The van der Waals surface area contributed by atoms with E-state index >= 15 is 0 Å². The van der Waals surface area contributed by atoms with Crippen molar-refractivity contribution in [3.8, 4) is 22.7 Å². The quantitative estimate of drug-likeness (QED) is 0.516. The summed E-state index contributed by atoms with van der Waals surface area (Å²) in [6, 6.07) is 16.9. The molecule has 2 heterocycles. The highest BCUT2D eigenvalue weighted by Gasteiger charge is 2.27. The Morgan fingerprint density at radius 3 is 2.83 bits per heavy atom. The van der Waals surface area contributed by atoms with Gasteiger partial charge in [0.05, 0.1) is 41.4 Å². The summed E-state index contributed by atoms with van der Waals surface area (Å²) in [5, 5.41) is 19.7. The van der Waals surface area contributed by atoms with E-state index in [2.05, 4.69) is 34.9 Å². The summed E-state index contributed by atoms with van der Waals surface area (Å²) in [7, 11) is 0. The summed E-state index contributed by atoms with van der Waals surface area (Å²) in [5.41, 5.74) is 5.43. The molecule has 1 saturated carbocycles. The van der Waals surface area contributed by atoms with Crippen LogP contribution in [-0.2, 0) is 6.42 Å². The summed E-state index contributed by atoms with van der Waals surface area (Å²) < 4.78 is 9.69. The topological polar surface area (TPSA) is 65.1 Å². The molecule has 0 atom stereocenters. The lowest BCUT2D eigenvalue weighted by molar-refractivity contribution is 0.201. The van der Waals surface area contributed by atoms with E-state index in [0.717, 1.165) is 23.4 Å². The zero-order valence-corrected chi connectivity index (χ0v) is 16.5. The Kier molecular flexibility index (Phi) is 4.56. The van der Waals surface area contributed by atoms with Crippen molar-refractivity contribution in [3.05, 3.63) is 60.4 Å². The first-order chi connectivity index (χ1) is 14.3. The third-order valence-electron chi connectivity index (χ3n) is 5.37. The number of benzene rings is 2. The Labute approximate surface area is 169 Å². The van der Waals surface area contributed by atoms with Crippen LogP contribution in [0.4, 0.5) is 0 Å². The maximum Gasteiger partial charge on any atom is 0.121 e. The van der Waals surface area contributed by atoms with E-state index in [1.54, 1.807) is 0 Å². The molecule has 6 heteroatoms. The fourth-order valence-electron chi connectivity index (χ4n) is 3.82. The predicted molar refractivity (Wildman–Crippen MR) is 113 cm³/mol. The zero-order valence-electron chi connectivity index (χ0n) is 16.5. The van der Waals surface area contributed by atoms with Crippen LogP contribution in [-0.4, -0.2) is 37.9 Å². The molecule has 4 aromatic rings. The molecule has 0 bridgehead atoms. The van der Waals surface area contributed by atoms with Crippen LogP contribution in [0.1, 0.15) is 31.5 Å². The SMILES string of the molecule is CCc1nn(C2CC2)c2cc(-c3ccnn3-c3cccc(OCCO)c3)ccc12. The second kappa shape index (κ2) is 7.37. The van der Waals surface area contributed by atoms with Crippen molar-refractivity contribution in [2.45, 2.75) is 32.2 Å². The van der Waals surface area contributed by atoms with Gasteiger partial charge >= 0.3 is 0 Å². The Morgan fingerprint density at radius 2 is 2.03 bits per heavy atom. The van der Waals surface area contributed by atoms with E-state index in [0.29, 0.717) is 11.8 Å². The van der Waals surface area contributed by atoms with Crippen LogP contribution in [0.15, 0.2) is 54.7 Å². The first-order valence-electron chi connectivity index (χ1n) is 10.2. The highest BCUT2D eigenvalue weighted by molar-refractivity contribution is 5.86. The number of hydrogen-bond acceptors (Lipinski definition) is 4. The molecule has 1 N–H and O–H groups in total. The van der Waals surface area contributed by atoms with Crippen LogP contribution in [0, 0.1) is 0 Å². The van der Waals surface area contributed by atoms with Gasteiger partial charge in [0, 0.05) is 17.0 Å². The number of fused-ring (bicyclic) bond motifs is 1. The Balaban J connectivity index is 1.57. The van der Waals surface area contributed by atoms with E-state index < -0.39 is 0 Å². The van der Waals surface area contributed by atoms with E-state index in [4.69, 9.17) is 14.9 Å². The van der Waals surface area contributed by atoms with Crippen molar-refractivity contribution >= 4 is 10.9 Å². The molecule has 1 aliphatic carbocycles. The van der Waals surface area contributed by atoms with E-state index in [1.807, 2.05) is 41.2 Å².